The Bertz CT molecular complexity index is 772. The Labute approximate surface area is 155 Å². The molecule has 0 unspecified atom stereocenters. The van der Waals surface area contributed by atoms with Gasteiger partial charge in [-0.25, -0.2) is 9.78 Å². The first-order chi connectivity index (χ1) is 12.6. The van der Waals surface area contributed by atoms with E-state index in [9.17, 15) is 9.90 Å². The maximum Gasteiger partial charge on any atom is 0.407 e. The van der Waals surface area contributed by atoms with Gasteiger partial charge in [-0.2, -0.15) is 4.98 Å². The van der Waals surface area contributed by atoms with Gasteiger partial charge < -0.3 is 24.8 Å². The number of hydrogen-bond acceptors (Lipinski definition) is 6. The average Bonchev–Trinajstić information content (AvgIpc) is 3.11. The fourth-order valence-electron chi connectivity index (χ4n) is 2.83. The zero-order valence-corrected chi connectivity index (χ0v) is 14.9. The van der Waals surface area contributed by atoms with E-state index in [0.29, 0.717) is 30.3 Å². The smallest absolute Gasteiger partial charge is 0.407 e. The molecule has 2 N–H and O–H groups in total. The maximum atomic E-state index is 11.2. The van der Waals surface area contributed by atoms with Crippen LogP contribution >= 0.6 is 11.6 Å². The van der Waals surface area contributed by atoms with Crippen molar-refractivity contribution < 1.29 is 19.4 Å². The number of halogens is 1. The summed E-state index contributed by atoms with van der Waals surface area (Å²) in [5.74, 6) is 1.55. The van der Waals surface area contributed by atoms with Crippen molar-refractivity contribution >= 4 is 23.4 Å². The highest BCUT2D eigenvalue weighted by Crippen LogP contribution is 2.29. The van der Waals surface area contributed by atoms with E-state index >= 15 is 0 Å². The third kappa shape index (κ3) is 4.26. The minimum Gasteiger partial charge on any atom is -0.497 e. The fourth-order valence-corrected chi connectivity index (χ4v) is 2.95. The van der Waals surface area contributed by atoms with Crippen LogP contribution in [0.1, 0.15) is 12.8 Å². The first kappa shape index (κ1) is 18.1. The number of carboxylic acid groups (broad SMARTS) is 1. The number of benzene rings is 1. The lowest BCUT2D eigenvalue weighted by Crippen LogP contribution is -2.38. The van der Waals surface area contributed by atoms with E-state index < -0.39 is 6.09 Å². The minimum atomic E-state index is -0.906. The van der Waals surface area contributed by atoms with Crippen LogP contribution in [0, 0.1) is 0 Å². The van der Waals surface area contributed by atoms with Gasteiger partial charge in [0, 0.05) is 13.1 Å². The first-order valence-electron chi connectivity index (χ1n) is 8.14. The number of anilines is 1. The van der Waals surface area contributed by atoms with Crippen LogP contribution in [0.25, 0.3) is 0 Å². The number of ether oxygens (including phenoxy) is 2. The molecule has 0 saturated carbocycles. The molecule has 1 fully saturated rings. The van der Waals surface area contributed by atoms with E-state index in [2.05, 4.69) is 15.3 Å². The monoisotopic (exact) mass is 378 g/mol. The Morgan fingerprint density at radius 3 is 2.81 bits per heavy atom. The molecule has 8 nitrogen and oxygen atoms in total. The molecule has 3 rings (SSSR count). The predicted octanol–water partition coefficient (Wildman–Crippen LogP) is 3.49. The molecule has 1 amide bonds. The number of nitrogens with zero attached hydrogens (tertiary/aromatic N) is 3. The van der Waals surface area contributed by atoms with Crippen molar-refractivity contribution in [3.8, 4) is 17.4 Å². The normalized spacial score (nSPS) is 16.4. The molecule has 9 heteroatoms. The average molecular weight is 379 g/mol. The van der Waals surface area contributed by atoms with Gasteiger partial charge in [0.25, 0.3) is 0 Å². The van der Waals surface area contributed by atoms with E-state index in [4.69, 9.17) is 21.1 Å². The number of nitrogens with one attached hydrogen (secondary N) is 1. The number of carbonyl (C=O) groups is 1. The molecular weight excluding hydrogens is 360 g/mol. The Morgan fingerprint density at radius 1 is 1.38 bits per heavy atom. The molecule has 1 saturated heterocycles. The molecule has 1 aromatic carbocycles. The third-order valence-electron chi connectivity index (χ3n) is 4.15. The number of methoxy groups -OCH3 is 1. The zero-order valence-electron chi connectivity index (χ0n) is 14.2. The third-order valence-corrected chi connectivity index (χ3v) is 4.33. The Balaban J connectivity index is 1.72. The topological polar surface area (TPSA) is 96.8 Å². The van der Waals surface area contributed by atoms with Gasteiger partial charge in [-0.3, -0.25) is 0 Å². The van der Waals surface area contributed by atoms with Gasteiger partial charge >= 0.3 is 6.09 Å². The van der Waals surface area contributed by atoms with Crippen LogP contribution in [0.2, 0.25) is 5.28 Å². The van der Waals surface area contributed by atoms with Gasteiger partial charge in [0.2, 0.25) is 11.2 Å². The van der Waals surface area contributed by atoms with E-state index in [1.165, 1.54) is 11.1 Å². The van der Waals surface area contributed by atoms with Crippen molar-refractivity contribution in [2.75, 3.05) is 25.5 Å². The van der Waals surface area contributed by atoms with Crippen molar-refractivity contribution in [3.05, 3.63) is 35.7 Å². The highest BCUT2D eigenvalue weighted by atomic mass is 35.5. The number of rotatable bonds is 6. The summed E-state index contributed by atoms with van der Waals surface area (Å²) in [5, 5.41) is 12.5. The minimum absolute atomic E-state index is 0.0621. The van der Waals surface area contributed by atoms with Crippen LogP contribution in [0.4, 0.5) is 10.5 Å². The molecule has 2 heterocycles. The number of likely N-dealkylation sites (tertiary alicyclic amines) is 1. The van der Waals surface area contributed by atoms with Crippen LogP contribution in [0.3, 0.4) is 0 Å². The molecule has 2 aromatic rings. The van der Waals surface area contributed by atoms with Gasteiger partial charge in [-0.1, -0.05) is 0 Å². The SMILES string of the molecule is COc1ccc(Oc2nc(Cl)ncc2NC[C@@H]2CCCN2C(=O)O)cc1. The molecule has 0 spiro atoms. The molecule has 26 heavy (non-hydrogen) atoms. The number of aromatic nitrogens is 2. The zero-order chi connectivity index (χ0) is 18.5. The Kier molecular flexibility index (Phi) is 5.62. The molecule has 0 radical (unpaired) electrons. The lowest BCUT2D eigenvalue weighted by Gasteiger charge is -2.22. The molecule has 1 aromatic heterocycles. The lowest BCUT2D eigenvalue weighted by molar-refractivity contribution is 0.142. The van der Waals surface area contributed by atoms with Gasteiger partial charge in [0.15, 0.2) is 0 Å². The summed E-state index contributed by atoms with van der Waals surface area (Å²) in [4.78, 5) is 20.8. The molecule has 1 aliphatic heterocycles. The van der Waals surface area contributed by atoms with Gasteiger partial charge in [-0.05, 0) is 48.7 Å². The summed E-state index contributed by atoms with van der Waals surface area (Å²) in [6.07, 6.45) is 2.28. The quantitative estimate of drug-likeness (QED) is 0.742. The van der Waals surface area contributed by atoms with Crippen molar-refractivity contribution in [1.82, 2.24) is 14.9 Å². The van der Waals surface area contributed by atoms with E-state index in [1.807, 2.05) is 0 Å². The number of amides is 1. The summed E-state index contributed by atoms with van der Waals surface area (Å²) in [6.45, 7) is 0.990. The van der Waals surface area contributed by atoms with Crippen molar-refractivity contribution in [3.63, 3.8) is 0 Å². The summed E-state index contributed by atoms with van der Waals surface area (Å²) in [5.41, 5.74) is 0.544. The van der Waals surface area contributed by atoms with Gasteiger partial charge in [-0.15, -0.1) is 0 Å². The molecule has 1 aliphatic rings. The van der Waals surface area contributed by atoms with E-state index in [1.54, 1.807) is 31.4 Å². The van der Waals surface area contributed by atoms with Crippen molar-refractivity contribution in [1.29, 1.82) is 0 Å². The highest BCUT2D eigenvalue weighted by molar-refractivity contribution is 6.28. The molecular formula is C17H19ClN4O4. The molecule has 1 atom stereocenters. The molecule has 138 valence electrons. The summed E-state index contributed by atoms with van der Waals surface area (Å²) in [6, 6.07) is 6.95. The molecule has 0 bridgehead atoms. The largest absolute Gasteiger partial charge is 0.497 e. The second kappa shape index (κ2) is 8.09. The first-order valence-corrected chi connectivity index (χ1v) is 8.52. The van der Waals surface area contributed by atoms with Crippen LogP contribution in [-0.4, -0.2) is 52.3 Å². The van der Waals surface area contributed by atoms with Crippen LogP contribution < -0.4 is 14.8 Å². The van der Waals surface area contributed by atoms with Crippen molar-refractivity contribution in [2.24, 2.45) is 0 Å². The highest BCUT2D eigenvalue weighted by Gasteiger charge is 2.28. The maximum absolute atomic E-state index is 11.2. The Morgan fingerprint density at radius 2 is 2.12 bits per heavy atom. The summed E-state index contributed by atoms with van der Waals surface area (Å²) in [7, 11) is 1.59. The van der Waals surface area contributed by atoms with Crippen molar-refractivity contribution in [2.45, 2.75) is 18.9 Å². The summed E-state index contributed by atoms with van der Waals surface area (Å²) < 4.78 is 10.9. The van der Waals surface area contributed by atoms with Crippen LogP contribution in [0.15, 0.2) is 30.5 Å². The second-order valence-electron chi connectivity index (χ2n) is 5.79. The fraction of sp³-hybridized carbons (Fsp3) is 0.353. The van der Waals surface area contributed by atoms with E-state index in [-0.39, 0.29) is 17.2 Å². The van der Waals surface area contributed by atoms with Crippen LogP contribution in [-0.2, 0) is 0 Å². The van der Waals surface area contributed by atoms with Gasteiger partial charge in [0.05, 0.1) is 19.3 Å². The molecule has 0 aliphatic carbocycles. The number of hydrogen-bond donors (Lipinski definition) is 2. The second-order valence-corrected chi connectivity index (χ2v) is 6.13. The van der Waals surface area contributed by atoms with Gasteiger partial charge in [0.1, 0.15) is 17.2 Å². The lowest BCUT2D eigenvalue weighted by atomic mass is 10.2. The van der Waals surface area contributed by atoms with E-state index in [0.717, 1.165) is 12.8 Å². The summed E-state index contributed by atoms with van der Waals surface area (Å²) >= 11 is 5.89. The van der Waals surface area contributed by atoms with Crippen LogP contribution in [0.5, 0.6) is 17.4 Å². The standard InChI is InChI=1S/C17H19ClN4O4/c1-25-12-4-6-13(7-5-12)26-15-14(10-20-16(18)21-15)19-9-11-3-2-8-22(11)17(23)24/h4-7,10-11,19H,2-3,8-9H2,1H3,(H,23,24)/t11-/m0/s1. The Hall–Kier alpha value is -2.74. The predicted molar refractivity (Wildman–Crippen MR) is 96.4 cm³/mol.